The van der Waals surface area contributed by atoms with Crippen molar-refractivity contribution in [1.29, 1.82) is 0 Å². The largest absolute Gasteiger partial charge is 0.416 e. The Balaban J connectivity index is 1.78. The third-order valence-corrected chi connectivity index (χ3v) is 3.26. The first-order chi connectivity index (χ1) is 11.9. The molecule has 0 saturated carbocycles. The fraction of sp³-hybridized carbons (Fsp3) is 0.0588. The molecular formula is C17H14F3N5. The summed E-state index contributed by atoms with van der Waals surface area (Å²) in [5, 5.41) is 5.82. The van der Waals surface area contributed by atoms with E-state index < -0.39 is 11.7 Å². The number of hydrogen-bond acceptors (Lipinski definition) is 5. The van der Waals surface area contributed by atoms with Crippen LogP contribution in [0.5, 0.6) is 0 Å². The van der Waals surface area contributed by atoms with Gasteiger partial charge in [0, 0.05) is 23.3 Å². The molecule has 1 aromatic heterocycles. The summed E-state index contributed by atoms with van der Waals surface area (Å²) >= 11 is 0. The third kappa shape index (κ3) is 4.37. The minimum absolute atomic E-state index is 0.281. The van der Waals surface area contributed by atoms with Crippen LogP contribution in [0.15, 0.2) is 60.8 Å². The highest BCUT2D eigenvalue weighted by molar-refractivity contribution is 5.62. The van der Waals surface area contributed by atoms with E-state index in [4.69, 9.17) is 5.73 Å². The van der Waals surface area contributed by atoms with Crippen LogP contribution in [0.4, 0.5) is 42.0 Å². The summed E-state index contributed by atoms with van der Waals surface area (Å²) in [7, 11) is 0. The second-order valence-corrected chi connectivity index (χ2v) is 5.22. The van der Waals surface area contributed by atoms with Crippen LogP contribution in [-0.4, -0.2) is 9.97 Å². The highest BCUT2D eigenvalue weighted by atomic mass is 19.4. The number of nitrogen functional groups attached to an aromatic ring is 1. The summed E-state index contributed by atoms with van der Waals surface area (Å²) in [6, 6.07) is 13.5. The summed E-state index contributed by atoms with van der Waals surface area (Å²) < 4.78 is 38.3. The van der Waals surface area contributed by atoms with E-state index in [0.717, 1.165) is 12.1 Å². The van der Waals surface area contributed by atoms with Gasteiger partial charge in [-0.05, 0) is 42.5 Å². The number of benzene rings is 2. The van der Waals surface area contributed by atoms with Crippen LogP contribution in [0.3, 0.4) is 0 Å². The van der Waals surface area contributed by atoms with Gasteiger partial charge in [0.05, 0.1) is 5.56 Å². The van der Waals surface area contributed by atoms with Gasteiger partial charge in [-0.1, -0.05) is 12.1 Å². The first-order valence-electron chi connectivity index (χ1n) is 7.30. The van der Waals surface area contributed by atoms with Crippen molar-refractivity contribution in [1.82, 2.24) is 9.97 Å². The minimum Gasteiger partial charge on any atom is -0.399 e. The average Bonchev–Trinajstić information content (AvgIpc) is 2.55. The van der Waals surface area contributed by atoms with Crippen molar-refractivity contribution in [3.63, 3.8) is 0 Å². The highest BCUT2D eigenvalue weighted by Gasteiger charge is 2.30. The third-order valence-electron chi connectivity index (χ3n) is 3.26. The molecule has 8 heteroatoms. The summed E-state index contributed by atoms with van der Waals surface area (Å²) in [6.07, 6.45) is -2.90. The maximum atomic E-state index is 12.8. The zero-order valence-corrected chi connectivity index (χ0v) is 12.9. The van der Waals surface area contributed by atoms with E-state index in [9.17, 15) is 13.2 Å². The fourth-order valence-corrected chi connectivity index (χ4v) is 2.16. The lowest BCUT2D eigenvalue weighted by atomic mass is 10.2. The van der Waals surface area contributed by atoms with Gasteiger partial charge in [-0.2, -0.15) is 18.2 Å². The highest BCUT2D eigenvalue weighted by Crippen LogP contribution is 2.31. The molecule has 0 spiro atoms. The number of nitrogens with two attached hydrogens (primary N) is 1. The van der Waals surface area contributed by atoms with Crippen LogP contribution in [0, 0.1) is 0 Å². The molecule has 3 rings (SSSR count). The lowest BCUT2D eigenvalue weighted by Gasteiger charge is -2.11. The molecule has 0 bridgehead atoms. The topological polar surface area (TPSA) is 75.9 Å². The molecule has 0 fully saturated rings. The molecular weight excluding hydrogens is 331 g/mol. The Kier molecular flexibility index (Phi) is 4.42. The number of hydrogen-bond donors (Lipinski definition) is 3. The van der Waals surface area contributed by atoms with Crippen molar-refractivity contribution >= 4 is 28.8 Å². The van der Waals surface area contributed by atoms with E-state index in [0.29, 0.717) is 23.1 Å². The Morgan fingerprint density at radius 3 is 2.32 bits per heavy atom. The van der Waals surface area contributed by atoms with Crippen molar-refractivity contribution in [3.8, 4) is 0 Å². The van der Waals surface area contributed by atoms with Gasteiger partial charge in [0.25, 0.3) is 0 Å². The van der Waals surface area contributed by atoms with Crippen molar-refractivity contribution in [3.05, 3.63) is 66.4 Å². The molecule has 0 atom stereocenters. The van der Waals surface area contributed by atoms with Crippen molar-refractivity contribution in [2.45, 2.75) is 6.18 Å². The number of rotatable bonds is 4. The lowest BCUT2D eigenvalue weighted by molar-refractivity contribution is -0.137. The van der Waals surface area contributed by atoms with E-state index >= 15 is 0 Å². The zero-order chi connectivity index (χ0) is 17.9. The summed E-state index contributed by atoms with van der Waals surface area (Å²) in [4.78, 5) is 8.31. The number of nitrogens with zero attached hydrogens (tertiary/aromatic N) is 2. The predicted molar refractivity (Wildman–Crippen MR) is 90.9 cm³/mol. The van der Waals surface area contributed by atoms with Crippen LogP contribution in [0.1, 0.15) is 5.56 Å². The molecule has 0 unspecified atom stereocenters. The molecule has 25 heavy (non-hydrogen) atoms. The Hall–Kier alpha value is -3.29. The Morgan fingerprint density at radius 2 is 1.60 bits per heavy atom. The first kappa shape index (κ1) is 16.6. The maximum Gasteiger partial charge on any atom is 0.416 e. The van der Waals surface area contributed by atoms with Crippen LogP contribution >= 0.6 is 0 Å². The monoisotopic (exact) mass is 345 g/mol. The quantitative estimate of drug-likeness (QED) is 0.604. The summed E-state index contributed by atoms with van der Waals surface area (Å²) in [6.45, 7) is 0. The van der Waals surface area contributed by atoms with Crippen LogP contribution in [0.25, 0.3) is 0 Å². The standard InChI is InChI=1S/C17H14F3N5/c18-17(19,20)11-3-1-5-13(9-11)23-15-7-8-22-16(25-15)24-14-6-2-4-12(21)10-14/h1-10H,21H2,(H2,22,23,24,25). The van der Waals surface area contributed by atoms with Gasteiger partial charge in [-0.15, -0.1) is 0 Å². The van der Waals surface area contributed by atoms with Crippen LogP contribution in [-0.2, 0) is 6.18 Å². The summed E-state index contributed by atoms with van der Waals surface area (Å²) in [5.74, 6) is 0.656. The SMILES string of the molecule is Nc1cccc(Nc2nccc(Nc3cccc(C(F)(F)F)c3)n2)c1. The second kappa shape index (κ2) is 6.68. The molecule has 0 aliphatic carbocycles. The van der Waals surface area contributed by atoms with E-state index in [1.54, 1.807) is 30.3 Å². The molecule has 0 aliphatic heterocycles. The molecule has 5 nitrogen and oxygen atoms in total. The second-order valence-electron chi connectivity index (χ2n) is 5.22. The smallest absolute Gasteiger partial charge is 0.399 e. The Bertz CT molecular complexity index is 880. The molecule has 0 amide bonds. The molecule has 0 saturated heterocycles. The van der Waals surface area contributed by atoms with Gasteiger partial charge in [0.2, 0.25) is 5.95 Å². The molecule has 128 valence electrons. The first-order valence-corrected chi connectivity index (χ1v) is 7.30. The van der Waals surface area contributed by atoms with Crippen molar-refractivity contribution in [2.75, 3.05) is 16.4 Å². The van der Waals surface area contributed by atoms with E-state index in [2.05, 4.69) is 20.6 Å². The molecule has 3 aromatic rings. The zero-order valence-electron chi connectivity index (χ0n) is 12.9. The molecule has 0 aliphatic rings. The molecule has 2 aromatic carbocycles. The average molecular weight is 345 g/mol. The number of halogens is 3. The van der Waals surface area contributed by atoms with Crippen molar-refractivity contribution in [2.24, 2.45) is 0 Å². The van der Waals surface area contributed by atoms with Gasteiger partial charge in [-0.25, -0.2) is 4.98 Å². The van der Waals surface area contributed by atoms with E-state index in [1.165, 1.54) is 18.3 Å². The van der Waals surface area contributed by atoms with Gasteiger partial charge in [0.1, 0.15) is 5.82 Å². The number of nitrogens with one attached hydrogen (secondary N) is 2. The predicted octanol–water partition coefficient (Wildman–Crippen LogP) is 4.56. The van der Waals surface area contributed by atoms with Gasteiger partial charge in [0.15, 0.2) is 0 Å². The molecule has 0 radical (unpaired) electrons. The lowest BCUT2D eigenvalue weighted by Crippen LogP contribution is -2.05. The number of anilines is 5. The molecule has 4 N–H and O–H groups in total. The Labute approximate surface area is 141 Å². The van der Waals surface area contributed by atoms with Gasteiger partial charge >= 0.3 is 6.18 Å². The number of alkyl halides is 3. The number of aromatic nitrogens is 2. The van der Waals surface area contributed by atoms with E-state index in [1.807, 2.05) is 0 Å². The fourth-order valence-electron chi connectivity index (χ4n) is 2.16. The maximum absolute atomic E-state index is 12.8. The normalized spacial score (nSPS) is 11.2. The summed E-state index contributed by atoms with van der Waals surface area (Å²) in [5.41, 5.74) is 6.55. The van der Waals surface area contributed by atoms with Gasteiger partial charge < -0.3 is 16.4 Å². The Morgan fingerprint density at radius 1 is 0.880 bits per heavy atom. The van der Waals surface area contributed by atoms with E-state index in [-0.39, 0.29) is 5.69 Å². The molecule has 1 heterocycles. The minimum atomic E-state index is -4.40. The van der Waals surface area contributed by atoms with Crippen LogP contribution < -0.4 is 16.4 Å². The van der Waals surface area contributed by atoms with Gasteiger partial charge in [-0.3, -0.25) is 0 Å². The van der Waals surface area contributed by atoms with Crippen LogP contribution in [0.2, 0.25) is 0 Å². The van der Waals surface area contributed by atoms with Crippen molar-refractivity contribution < 1.29 is 13.2 Å².